The molecule has 1 aliphatic carbocycles. The highest BCUT2D eigenvalue weighted by Gasteiger charge is 2.37. The summed E-state index contributed by atoms with van der Waals surface area (Å²) in [6.07, 6.45) is 6.10. The quantitative estimate of drug-likeness (QED) is 0.804. The lowest BCUT2D eigenvalue weighted by Gasteiger charge is -2.29. The van der Waals surface area contributed by atoms with Crippen molar-refractivity contribution in [2.45, 2.75) is 84.0 Å². The highest BCUT2D eigenvalue weighted by Crippen LogP contribution is 2.35. The zero-order chi connectivity index (χ0) is 18.2. The normalized spacial score (nSPS) is 21.6. The van der Waals surface area contributed by atoms with E-state index in [0.717, 1.165) is 19.4 Å². The number of aromatic nitrogens is 1. The summed E-state index contributed by atoms with van der Waals surface area (Å²) in [4.78, 5) is 21.5. The van der Waals surface area contributed by atoms with Gasteiger partial charge in [0.25, 0.3) is 0 Å². The van der Waals surface area contributed by atoms with Gasteiger partial charge in [-0.2, -0.15) is 0 Å². The van der Waals surface area contributed by atoms with Gasteiger partial charge in [-0.15, -0.1) is 0 Å². The lowest BCUT2D eigenvalue weighted by molar-refractivity contribution is 0.0576. The second-order valence-electron chi connectivity index (χ2n) is 8.52. The largest absolute Gasteiger partial charge is 0.443 e. The Balaban J connectivity index is 1.77. The Hall–Kier alpha value is -1.62. The van der Waals surface area contributed by atoms with E-state index in [1.807, 2.05) is 33.0 Å². The van der Waals surface area contributed by atoms with Crippen LogP contribution in [-0.2, 0) is 4.74 Å². The van der Waals surface area contributed by atoms with E-state index in [4.69, 9.17) is 4.74 Å². The molecule has 1 atom stereocenters. The number of pyridine rings is 1. The molecule has 1 amide bonds. The minimum Gasteiger partial charge on any atom is -0.443 e. The van der Waals surface area contributed by atoms with Gasteiger partial charge in [-0.05, 0) is 78.5 Å². The number of carbonyl (C=O) groups excluding carboxylic acids is 1. The molecule has 1 saturated heterocycles. The van der Waals surface area contributed by atoms with E-state index >= 15 is 0 Å². The summed E-state index contributed by atoms with van der Waals surface area (Å²) in [5.41, 5.74) is 0.751. The fraction of sp³-hybridized carbons (Fsp3) is 0.700. The maximum Gasteiger partial charge on any atom is 0.416 e. The Bertz CT molecular complexity index is 602. The number of carbonyl (C=O) groups is 1. The second-order valence-corrected chi connectivity index (χ2v) is 8.52. The van der Waals surface area contributed by atoms with Crippen molar-refractivity contribution in [3.05, 3.63) is 23.9 Å². The number of ether oxygens (including phenoxy) is 1. The molecule has 0 aromatic carbocycles. The zero-order valence-electron chi connectivity index (χ0n) is 16.2. The van der Waals surface area contributed by atoms with Gasteiger partial charge in [-0.25, -0.2) is 9.78 Å². The van der Waals surface area contributed by atoms with Crippen LogP contribution in [-0.4, -0.2) is 40.2 Å². The van der Waals surface area contributed by atoms with Crippen LogP contribution in [0.25, 0.3) is 0 Å². The molecule has 25 heavy (non-hydrogen) atoms. The first kappa shape index (κ1) is 18.2. The van der Waals surface area contributed by atoms with Crippen LogP contribution in [0.2, 0.25) is 0 Å². The Kier molecular flexibility index (Phi) is 5.05. The summed E-state index contributed by atoms with van der Waals surface area (Å²) in [5.74, 6) is 0.703. The summed E-state index contributed by atoms with van der Waals surface area (Å²) in [6, 6.07) is 5.32. The summed E-state index contributed by atoms with van der Waals surface area (Å²) in [6.45, 7) is 11.3. The van der Waals surface area contributed by atoms with E-state index in [0.29, 0.717) is 17.9 Å². The molecule has 2 aliphatic rings. The third kappa shape index (κ3) is 4.32. The molecular weight excluding hydrogens is 314 g/mol. The fourth-order valence-corrected chi connectivity index (χ4v) is 3.58. The second kappa shape index (κ2) is 6.94. The molecule has 1 saturated carbocycles. The number of anilines is 1. The molecule has 5 heteroatoms. The maximum absolute atomic E-state index is 12.6. The molecule has 2 fully saturated rings. The topological polar surface area (TPSA) is 45.7 Å². The predicted octanol–water partition coefficient (Wildman–Crippen LogP) is 4.53. The van der Waals surface area contributed by atoms with Gasteiger partial charge < -0.3 is 4.74 Å². The van der Waals surface area contributed by atoms with Crippen molar-refractivity contribution >= 4 is 11.9 Å². The van der Waals surface area contributed by atoms with Crippen LogP contribution in [0.5, 0.6) is 0 Å². The average Bonchev–Trinajstić information content (AvgIpc) is 3.21. The molecule has 3 rings (SSSR count). The van der Waals surface area contributed by atoms with Crippen molar-refractivity contribution in [3.63, 3.8) is 0 Å². The van der Waals surface area contributed by atoms with Crippen LogP contribution in [0.3, 0.4) is 0 Å². The van der Waals surface area contributed by atoms with E-state index in [1.165, 1.54) is 18.4 Å². The molecule has 1 aromatic rings. The third-order valence-electron chi connectivity index (χ3n) is 4.86. The molecule has 5 nitrogen and oxygen atoms in total. The van der Waals surface area contributed by atoms with E-state index in [1.54, 1.807) is 4.90 Å². The van der Waals surface area contributed by atoms with Gasteiger partial charge in [-0.3, -0.25) is 9.80 Å². The van der Waals surface area contributed by atoms with Gasteiger partial charge in [0.05, 0.1) is 0 Å². The van der Waals surface area contributed by atoms with Gasteiger partial charge in [0.15, 0.2) is 0 Å². The van der Waals surface area contributed by atoms with Crippen LogP contribution in [0.15, 0.2) is 18.3 Å². The maximum atomic E-state index is 12.6. The highest BCUT2D eigenvalue weighted by atomic mass is 16.6. The predicted molar refractivity (Wildman–Crippen MR) is 99.8 cm³/mol. The van der Waals surface area contributed by atoms with Crippen molar-refractivity contribution in [2.75, 3.05) is 11.4 Å². The van der Waals surface area contributed by atoms with Crippen LogP contribution >= 0.6 is 0 Å². The molecular formula is C20H31N3O2. The number of likely N-dealkylation sites (tertiary alicyclic amines) is 1. The van der Waals surface area contributed by atoms with Gasteiger partial charge >= 0.3 is 6.09 Å². The minimum absolute atomic E-state index is 0.229. The van der Waals surface area contributed by atoms with E-state index in [9.17, 15) is 4.79 Å². The summed E-state index contributed by atoms with van der Waals surface area (Å²) in [7, 11) is 0. The highest BCUT2D eigenvalue weighted by molar-refractivity contribution is 5.88. The number of hydrogen-bond acceptors (Lipinski definition) is 4. The first-order valence-corrected chi connectivity index (χ1v) is 9.50. The van der Waals surface area contributed by atoms with Crippen molar-refractivity contribution in [1.82, 2.24) is 9.88 Å². The fourth-order valence-electron chi connectivity index (χ4n) is 3.58. The Labute approximate surface area is 151 Å². The monoisotopic (exact) mass is 345 g/mol. The lowest BCUT2D eigenvalue weighted by Crippen LogP contribution is -2.38. The summed E-state index contributed by atoms with van der Waals surface area (Å²) < 4.78 is 5.57. The molecule has 2 heterocycles. The minimum atomic E-state index is -0.494. The molecule has 0 unspecified atom stereocenters. The van der Waals surface area contributed by atoms with Crippen LogP contribution < -0.4 is 4.90 Å². The SMILES string of the molecule is CC(C)N1CCC[C@H]1c1ccc(N(C(=O)OC(C)(C)C)C2CC2)nc1. The van der Waals surface area contributed by atoms with Gasteiger partial charge in [-0.1, -0.05) is 6.07 Å². The molecule has 0 radical (unpaired) electrons. The van der Waals surface area contributed by atoms with Crippen molar-refractivity contribution < 1.29 is 9.53 Å². The molecule has 1 aromatic heterocycles. The molecule has 0 N–H and O–H groups in total. The Morgan fingerprint density at radius 2 is 2.00 bits per heavy atom. The molecule has 1 aliphatic heterocycles. The smallest absolute Gasteiger partial charge is 0.416 e. The van der Waals surface area contributed by atoms with Gasteiger partial charge in [0, 0.05) is 24.3 Å². The molecule has 0 bridgehead atoms. The average molecular weight is 345 g/mol. The summed E-state index contributed by atoms with van der Waals surface area (Å²) >= 11 is 0. The molecule has 0 spiro atoms. The summed E-state index contributed by atoms with van der Waals surface area (Å²) in [5, 5.41) is 0. The number of rotatable bonds is 4. The van der Waals surface area contributed by atoms with Crippen LogP contribution in [0.4, 0.5) is 10.6 Å². The Morgan fingerprint density at radius 3 is 2.52 bits per heavy atom. The first-order chi connectivity index (χ1) is 11.8. The van der Waals surface area contributed by atoms with E-state index < -0.39 is 5.60 Å². The van der Waals surface area contributed by atoms with E-state index in [2.05, 4.69) is 29.8 Å². The van der Waals surface area contributed by atoms with Crippen molar-refractivity contribution in [2.24, 2.45) is 0 Å². The lowest BCUT2D eigenvalue weighted by atomic mass is 10.1. The number of amides is 1. The van der Waals surface area contributed by atoms with Crippen molar-refractivity contribution in [3.8, 4) is 0 Å². The van der Waals surface area contributed by atoms with Crippen LogP contribution in [0, 0.1) is 0 Å². The van der Waals surface area contributed by atoms with Crippen LogP contribution in [0.1, 0.15) is 71.9 Å². The third-order valence-corrected chi connectivity index (χ3v) is 4.86. The van der Waals surface area contributed by atoms with Gasteiger partial charge in [0.1, 0.15) is 11.4 Å². The number of hydrogen-bond donors (Lipinski definition) is 0. The first-order valence-electron chi connectivity index (χ1n) is 9.50. The standard InChI is InChI=1S/C20H31N3O2/c1-14(2)22-12-6-7-17(22)15-8-11-18(21-13-15)23(16-9-10-16)19(24)25-20(3,4)5/h8,11,13-14,16-17H,6-7,9-10,12H2,1-5H3/t17-/m0/s1. The zero-order valence-corrected chi connectivity index (χ0v) is 16.2. The Morgan fingerprint density at radius 1 is 1.28 bits per heavy atom. The molecule has 138 valence electrons. The number of nitrogens with zero attached hydrogens (tertiary/aromatic N) is 3. The van der Waals surface area contributed by atoms with E-state index in [-0.39, 0.29) is 12.1 Å². The van der Waals surface area contributed by atoms with Gasteiger partial charge in [0.2, 0.25) is 0 Å². The van der Waals surface area contributed by atoms with Crippen molar-refractivity contribution in [1.29, 1.82) is 0 Å².